The van der Waals surface area contributed by atoms with Crippen molar-refractivity contribution in [1.29, 1.82) is 0 Å². The summed E-state index contributed by atoms with van der Waals surface area (Å²) in [5.74, 6) is 0.195. The highest BCUT2D eigenvalue weighted by atomic mass is 16.5. The van der Waals surface area contributed by atoms with Gasteiger partial charge in [0.25, 0.3) is 0 Å². The first kappa shape index (κ1) is 11.4. The van der Waals surface area contributed by atoms with Crippen molar-refractivity contribution in [1.82, 2.24) is 0 Å². The lowest BCUT2D eigenvalue weighted by molar-refractivity contribution is -0.120. The molecule has 0 unspecified atom stereocenters. The minimum Gasteiger partial charge on any atom is -0.373 e. The Morgan fingerprint density at radius 3 is 3.07 bits per heavy atom. The van der Waals surface area contributed by atoms with Gasteiger partial charge in [0.05, 0.1) is 0 Å². The van der Waals surface area contributed by atoms with Gasteiger partial charge in [0.2, 0.25) is 0 Å². The summed E-state index contributed by atoms with van der Waals surface area (Å²) in [6.07, 6.45) is 8.74. The predicted molar refractivity (Wildman–Crippen MR) is 57.3 cm³/mol. The molecular formula is C12H20O2. The zero-order valence-electron chi connectivity index (χ0n) is 9.05. The molecule has 0 aliphatic heterocycles. The third-order valence-electron chi connectivity index (χ3n) is 2.48. The van der Waals surface area contributed by atoms with E-state index < -0.39 is 0 Å². The van der Waals surface area contributed by atoms with Crippen LogP contribution in [0.25, 0.3) is 0 Å². The quantitative estimate of drug-likeness (QED) is 0.632. The van der Waals surface area contributed by atoms with E-state index in [1.54, 1.807) is 0 Å². The van der Waals surface area contributed by atoms with E-state index in [0.29, 0.717) is 6.61 Å². The average Bonchev–Trinajstić information content (AvgIpc) is 2.46. The first-order valence-corrected chi connectivity index (χ1v) is 5.64. The van der Waals surface area contributed by atoms with E-state index in [4.69, 9.17) is 4.74 Å². The van der Waals surface area contributed by atoms with Crippen molar-refractivity contribution in [3.05, 3.63) is 11.6 Å². The number of hydrogen-bond donors (Lipinski definition) is 0. The van der Waals surface area contributed by atoms with Gasteiger partial charge in [0, 0.05) is 6.61 Å². The highest BCUT2D eigenvalue weighted by Gasteiger charge is 2.10. The van der Waals surface area contributed by atoms with Crippen LogP contribution in [0, 0.1) is 0 Å². The van der Waals surface area contributed by atoms with Gasteiger partial charge in [-0.2, -0.15) is 0 Å². The van der Waals surface area contributed by atoms with E-state index in [2.05, 4.69) is 13.0 Å². The smallest absolute Gasteiger partial charge is 0.184 e. The molecule has 0 saturated carbocycles. The second kappa shape index (κ2) is 6.77. The maximum absolute atomic E-state index is 11.6. The minimum atomic E-state index is 0.195. The molecule has 0 aromatic carbocycles. The van der Waals surface area contributed by atoms with Crippen LogP contribution in [0.3, 0.4) is 0 Å². The van der Waals surface area contributed by atoms with Crippen molar-refractivity contribution in [2.75, 3.05) is 13.2 Å². The zero-order valence-corrected chi connectivity index (χ0v) is 9.05. The summed E-state index contributed by atoms with van der Waals surface area (Å²) in [7, 11) is 0. The Bertz CT molecular complexity index is 206. The molecule has 1 aliphatic rings. The molecule has 0 spiro atoms. The maximum atomic E-state index is 11.6. The Hall–Kier alpha value is -0.630. The van der Waals surface area contributed by atoms with Gasteiger partial charge in [-0.25, -0.2) is 0 Å². The molecular weight excluding hydrogens is 176 g/mol. The van der Waals surface area contributed by atoms with Gasteiger partial charge in [-0.3, -0.25) is 4.79 Å². The van der Waals surface area contributed by atoms with Gasteiger partial charge in [0.15, 0.2) is 5.78 Å². The Kier molecular flexibility index (Phi) is 5.53. The van der Waals surface area contributed by atoms with E-state index in [1.807, 2.05) is 0 Å². The van der Waals surface area contributed by atoms with Crippen molar-refractivity contribution >= 4 is 5.78 Å². The van der Waals surface area contributed by atoms with E-state index >= 15 is 0 Å². The Morgan fingerprint density at radius 1 is 1.43 bits per heavy atom. The van der Waals surface area contributed by atoms with Crippen molar-refractivity contribution < 1.29 is 9.53 Å². The number of ether oxygens (including phenoxy) is 1. The molecule has 1 aliphatic carbocycles. The zero-order chi connectivity index (χ0) is 10.2. The third-order valence-corrected chi connectivity index (χ3v) is 2.48. The summed E-state index contributed by atoms with van der Waals surface area (Å²) in [6.45, 7) is 3.02. The number of hydrogen-bond acceptors (Lipinski definition) is 2. The molecule has 2 nitrogen and oxygen atoms in total. The van der Waals surface area contributed by atoms with Crippen LogP contribution in [0.2, 0.25) is 0 Å². The van der Waals surface area contributed by atoms with E-state index in [9.17, 15) is 4.79 Å². The molecule has 14 heavy (non-hydrogen) atoms. The van der Waals surface area contributed by atoms with Crippen LogP contribution in [-0.4, -0.2) is 19.0 Å². The van der Waals surface area contributed by atoms with Crippen LogP contribution >= 0.6 is 0 Å². The predicted octanol–water partition coefficient (Wildman–Crippen LogP) is 2.87. The second-order valence-corrected chi connectivity index (χ2v) is 3.80. The lowest BCUT2D eigenvalue weighted by Crippen LogP contribution is -2.11. The van der Waals surface area contributed by atoms with Crippen LogP contribution in [0.15, 0.2) is 11.6 Å². The molecule has 0 bridgehead atoms. The Balaban J connectivity index is 2.30. The molecule has 0 radical (unpaired) electrons. The summed E-state index contributed by atoms with van der Waals surface area (Å²) >= 11 is 0. The molecule has 0 N–H and O–H groups in total. The fourth-order valence-electron chi connectivity index (χ4n) is 1.67. The first-order chi connectivity index (χ1) is 6.84. The SMILES string of the molecule is CCCOCC(=O)C1=CCCCCC1. The Labute approximate surface area is 86.3 Å². The van der Waals surface area contributed by atoms with Crippen molar-refractivity contribution in [2.45, 2.75) is 45.4 Å². The highest BCUT2D eigenvalue weighted by Crippen LogP contribution is 2.17. The van der Waals surface area contributed by atoms with E-state index in [1.165, 1.54) is 12.8 Å². The number of rotatable bonds is 5. The summed E-state index contributed by atoms with van der Waals surface area (Å²) in [5.41, 5.74) is 0.999. The molecule has 1 rings (SSSR count). The molecule has 0 aromatic heterocycles. The van der Waals surface area contributed by atoms with Gasteiger partial charge in [0.1, 0.15) is 6.61 Å². The lowest BCUT2D eigenvalue weighted by Gasteiger charge is -2.04. The highest BCUT2D eigenvalue weighted by molar-refractivity contribution is 5.96. The van der Waals surface area contributed by atoms with Crippen LogP contribution in [0.1, 0.15) is 45.4 Å². The maximum Gasteiger partial charge on any atom is 0.184 e. The first-order valence-electron chi connectivity index (χ1n) is 5.64. The van der Waals surface area contributed by atoms with Crippen molar-refractivity contribution in [3.63, 3.8) is 0 Å². The number of allylic oxidation sites excluding steroid dienone is 1. The van der Waals surface area contributed by atoms with Gasteiger partial charge in [-0.1, -0.05) is 19.4 Å². The van der Waals surface area contributed by atoms with Gasteiger partial charge in [-0.15, -0.1) is 0 Å². The number of carbonyl (C=O) groups is 1. The second-order valence-electron chi connectivity index (χ2n) is 3.80. The molecule has 0 aromatic rings. The molecule has 0 heterocycles. The largest absolute Gasteiger partial charge is 0.373 e. The van der Waals surface area contributed by atoms with Crippen LogP contribution in [0.4, 0.5) is 0 Å². The monoisotopic (exact) mass is 196 g/mol. The molecule has 0 amide bonds. The fourth-order valence-corrected chi connectivity index (χ4v) is 1.67. The van der Waals surface area contributed by atoms with Crippen LogP contribution in [0.5, 0.6) is 0 Å². The summed E-state index contributed by atoms with van der Waals surface area (Å²) in [6, 6.07) is 0. The topological polar surface area (TPSA) is 26.3 Å². The Morgan fingerprint density at radius 2 is 2.29 bits per heavy atom. The van der Waals surface area contributed by atoms with Crippen LogP contribution in [-0.2, 0) is 9.53 Å². The number of carbonyl (C=O) groups excluding carboxylic acids is 1. The number of Topliss-reactive ketones (excluding diaryl/α,β-unsaturated/α-hetero) is 1. The van der Waals surface area contributed by atoms with Gasteiger partial charge in [-0.05, 0) is 37.7 Å². The molecule has 0 atom stereocenters. The van der Waals surface area contributed by atoms with E-state index in [-0.39, 0.29) is 12.4 Å². The summed E-state index contributed by atoms with van der Waals surface area (Å²) in [4.78, 5) is 11.6. The number of ketones is 1. The minimum absolute atomic E-state index is 0.195. The van der Waals surface area contributed by atoms with Gasteiger partial charge >= 0.3 is 0 Å². The average molecular weight is 196 g/mol. The third kappa shape index (κ3) is 4.05. The normalized spacial score (nSPS) is 17.4. The van der Waals surface area contributed by atoms with E-state index in [0.717, 1.165) is 31.3 Å². The van der Waals surface area contributed by atoms with Crippen molar-refractivity contribution in [3.8, 4) is 0 Å². The van der Waals surface area contributed by atoms with Crippen molar-refractivity contribution in [2.24, 2.45) is 0 Å². The molecule has 0 saturated heterocycles. The van der Waals surface area contributed by atoms with Crippen LogP contribution < -0.4 is 0 Å². The summed E-state index contributed by atoms with van der Waals surface area (Å²) in [5, 5.41) is 0. The summed E-state index contributed by atoms with van der Waals surface area (Å²) < 4.78 is 5.25. The molecule has 80 valence electrons. The lowest BCUT2D eigenvalue weighted by atomic mass is 10.1. The molecule has 2 heteroatoms. The standard InChI is InChI=1S/C12H20O2/c1-2-9-14-10-12(13)11-7-5-3-4-6-8-11/h7H,2-6,8-10H2,1H3. The molecule has 0 fully saturated rings. The van der Waals surface area contributed by atoms with Gasteiger partial charge < -0.3 is 4.74 Å². The fraction of sp³-hybridized carbons (Fsp3) is 0.750.